The van der Waals surface area contributed by atoms with E-state index >= 15 is 0 Å². The minimum atomic E-state index is 0.684. The molecule has 0 fully saturated rings. The van der Waals surface area contributed by atoms with Crippen molar-refractivity contribution in [3.8, 4) is 5.88 Å². The van der Waals surface area contributed by atoms with E-state index in [0.29, 0.717) is 12.5 Å². The van der Waals surface area contributed by atoms with E-state index < -0.39 is 0 Å². The second kappa shape index (κ2) is 8.24. The SMILES string of the molecule is CC.Cc1ccc(OCCN(C)C)nc1. The van der Waals surface area contributed by atoms with E-state index in [1.807, 2.05) is 53.2 Å². The predicted molar refractivity (Wildman–Crippen MR) is 64.4 cm³/mol. The lowest BCUT2D eigenvalue weighted by Gasteiger charge is -2.09. The Labute approximate surface area is 93.1 Å². The molecule has 1 aromatic heterocycles. The highest BCUT2D eigenvalue weighted by molar-refractivity contribution is 5.16. The molecule has 0 saturated carbocycles. The van der Waals surface area contributed by atoms with Crippen molar-refractivity contribution in [1.29, 1.82) is 0 Å². The first-order valence-corrected chi connectivity index (χ1v) is 5.38. The summed E-state index contributed by atoms with van der Waals surface area (Å²) in [5.41, 5.74) is 1.15. The highest BCUT2D eigenvalue weighted by Crippen LogP contribution is 2.05. The van der Waals surface area contributed by atoms with E-state index in [4.69, 9.17) is 4.74 Å². The molecule has 1 rings (SSSR count). The van der Waals surface area contributed by atoms with Crippen LogP contribution in [0.15, 0.2) is 18.3 Å². The minimum absolute atomic E-state index is 0.684. The summed E-state index contributed by atoms with van der Waals surface area (Å²) in [5, 5.41) is 0. The van der Waals surface area contributed by atoms with Crippen LogP contribution in [-0.2, 0) is 0 Å². The zero-order chi connectivity index (χ0) is 11.7. The van der Waals surface area contributed by atoms with Gasteiger partial charge >= 0.3 is 0 Å². The normalized spacial score (nSPS) is 9.47. The van der Waals surface area contributed by atoms with Gasteiger partial charge in [0, 0.05) is 18.8 Å². The van der Waals surface area contributed by atoms with Crippen LogP contribution in [-0.4, -0.2) is 37.1 Å². The molecule has 0 aliphatic carbocycles. The first-order valence-electron chi connectivity index (χ1n) is 5.38. The van der Waals surface area contributed by atoms with E-state index in [1.54, 1.807) is 0 Å². The van der Waals surface area contributed by atoms with Gasteiger partial charge in [-0.25, -0.2) is 4.98 Å². The average molecular weight is 210 g/mol. The van der Waals surface area contributed by atoms with Gasteiger partial charge < -0.3 is 9.64 Å². The van der Waals surface area contributed by atoms with E-state index in [9.17, 15) is 0 Å². The molecule has 1 aromatic rings. The maximum atomic E-state index is 5.42. The minimum Gasteiger partial charge on any atom is -0.476 e. The van der Waals surface area contributed by atoms with Crippen molar-refractivity contribution in [1.82, 2.24) is 9.88 Å². The number of aromatic nitrogens is 1. The molecule has 3 nitrogen and oxygen atoms in total. The second-order valence-corrected chi connectivity index (χ2v) is 3.33. The summed E-state index contributed by atoms with van der Waals surface area (Å²) in [6, 6.07) is 3.89. The summed E-state index contributed by atoms with van der Waals surface area (Å²) in [6.07, 6.45) is 1.81. The Morgan fingerprint density at radius 1 is 1.27 bits per heavy atom. The predicted octanol–water partition coefficient (Wildman–Crippen LogP) is 2.36. The molecular formula is C12H22N2O. The fourth-order valence-electron chi connectivity index (χ4n) is 0.872. The molecule has 0 aliphatic rings. The summed E-state index contributed by atoms with van der Waals surface area (Å²) in [4.78, 5) is 6.21. The van der Waals surface area contributed by atoms with Gasteiger partial charge in [0.25, 0.3) is 0 Å². The Bertz CT molecular complexity index is 244. The number of aryl methyl sites for hydroxylation is 1. The lowest BCUT2D eigenvalue weighted by Crippen LogP contribution is -2.19. The number of rotatable bonds is 4. The smallest absolute Gasteiger partial charge is 0.213 e. The van der Waals surface area contributed by atoms with Crippen molar-refractivity contribution in [2.45, 2.75) is 20.8 Å². The third-order valence-corrected chi connectivity index (χ3v) is 1.67. The highest BCUT2D eigenvalue weighted by atomic mass is 16.5. The van der Waals surface area contributed by atoms with Crippen molar-refractivity contribution in [3.05, 3.63) is 23.9 Å². The van der Waals surface area contributed by atoms with Crippen molar-refractivity contribution < 1.29 is 4.74 Å². The van der Waals surface area contributed by atoms with Crippen LogP contribution in [0.2, 0.25) is 0 Å². The molecule has 0 unspecified atom stereocenters. The van der Waals surface area contributed by atoms with Gasteiger partial charge in [0.2, 0.25) is 5.88 Å². The lowest BCUT2D eigenvalue weighted by atomic mass is 10.3. The van der Waals surface area contributed by atoms with Crippen LogP contribution in [0.3, 0.4) is 0 Å². The van der Waals surface area contributed by atoms with Crippen LogP contribution in [0, 0.1) is 6.92 Å². The van der Waals surface area contributed by atoms with Gasteiger partial charge in [0.05, 0.1) is 0 Å². The Hall–Kier alpha value is -1.09. The Kier molecular flexibility index (Phi) is 7.64. The molecule has 15 heavy (non-hydrogen) atoms. The Balaban J connectivity index is 0.000000921. The van der Waals surface area contributed by atoms with Crippen molar-refractivity contribution in [2.75, 3.05) is 27.2 Å². The van der Waals surface area contributed by atoms with Crippen molar-refractivity contribution in [2.24, 2.45) is 0 Å². The monoisotopic (exact) mass is 210 g/mol. The van der Waals surface area contributed by atoms with E-state index in [-0.39, 0.29) is 0 Å². The number of hydrogen-bond donors (Lipinski definition) is 0. The molecule has 0 aliphatic heterocycles. The summed E-state index contributed by atoms with van der Waals surface area (Å²) >= 11 is 0. The van der Waals surface area contributed by atoms with Crippen LogP contribution < -0.4 is 4.74 Å². The quantitative estimate of drug-likeness (QED) is 0.763. The van der Waals surface area contributed by atoms with Gasteiger partial charge in [-0.1, -0.05) is 19.9 Å². The summed E-state index contributed by atoms with van der Waals surface area (Å²) in [7, 11) is 4.04. The van der Waals surface area contributed by atoms with Gasteiger partial charge in [0.1, 0.15) is 6.61 Å². The fraction of sp³-hybridized carbons (Fsp3) is 0.583. The Morgan fingerprint density at radius 2 is 1.93 bits per heavy atom. The third kappa shape index (κ3) is 6.91. The largest absolute Gasteiger partial charge is 0.476 e. The molecule has 1 heterocycles. The number of nitrogens with zero attached hydrogens (tertiary/aromatic N) is 2. The topological polar surface area (TPSA) is 25.4 Å². The number of ether oxygens (including phenoxy) is 1. The second-order valence-electron chi connectivity index (χ2n) is 3.33. The van der Waals surface area contributed by atoms with E-state index in [1.165, 1.54) is 0 Å². The molecule has 0 amide bonds. The fourth-order valence-corrected chi connectivity index (χ4v) is 0.872. The van der Waals surface area contributed by atoms with Crippen molar-refractivity contribution >= 4 is 0 Å². The molecule has 0 aromatic carbocycles. The van der Waals surface area contributed by atoms with Crippen LogP contribution >= 0.6 is 0 Å². The number of hydrogen-bond acceptors (Lipinski definition) is 3. The zero-order valence-electron chi connectivity index (χ0n) is 10.4. The molecule has 86 valence electrons. The highest BCUT2D eigenvalue weighted by Gasteiger charge is 1.94. The maximum absolute atomic E-state index is 5.42. The lowest BCUT2D eigenvalue weighted by molar-refractivity contribution is 0.254. The molecule has 0 spiro atoms. The van der Waals surface area contributed by atoms with E-state index in [2.05, 4.69) is 9.88 Å². The number of pyridine rings is 1. The van der Waals surface area contributed by atoms with Crippen molar-refractivity contribution in [3.63, 3.8) is 0 Å². The summed E-state index contributed by atoms with van der Waals surface area (Å²) < 4.78 is 5.42. The average Bonchev–Trinajstić information content (AvgIpc) is 2.23. The maximum Gasteiger partial charge on any atom is 0.213 e. The molecule has 0 bridgehead atoms. The summed E-state index contributed by atoms with van der Waals surface area (Å²) in [5.74, 6) is 0.701. The Morgan fingerprint density at radius 3 is 2.40 bits per heavy atom. The third-order valence-electron chi connectivity index (χ3n) is 1.67. The standard InChI is InChI=1S/C10H16N2O.C2H6/c1-9-4-5-10(11-8-9)13-7-6-12(2)3;1-2/h4-5,8H,6-7H2,1-3H3;1-2H3. The van der Waals surface area contributed by atoms with Gasteiger partial charge in [-0.2, -0.15) is 0 Å². The molecule has 0 N–H and O–H groups in total. The molecule has 0 radical (unpaired) electrons. The molecular weight excluding hydrogens is 188 g/mol. The number of likely N-dealkylation sites (N-methyl/N-ethyl adjacent to an activating group) is 1. The van der Waals surface area contributed by atoms with Gasteiger partial charge in [0.15, 0.2) is 0 Å². The first-order chi connectivity index (χ1) is 7.18. The van der Waals surface area contributed by atoms with Gasteiger partial charge in [-0.05, 0) is 26.6 Å². The zero-order valence-corrected chi connectivity index (χ0v) is 10.4. The summed E-state index contributed by atoms with van der Waals surface area (Å²) in [6.45, 7) is 7.61. The van der Waals surface area contributed by atoms with Crippen LogP contribution in [0.1, 0.15) is 19.4 Å². The van der Waals surface area contributed by atoms with Crippen LogP contribution in [0.25, 0.3) is 0 Å². The molecule has 3 heteroatoms. The molecule has 0 saturated heterocycles. The molecule has 0 atom stereocenters. The van der Waals surface area contributed by atoms with Crippen LogP contribution in [0.4, 0.5) is 0 Å². The van der Waals surface area contributed by atoms with Gasteiger partial charge in [-0.15, -0.1) is 0 Å². The van der Waals surface area contributed by atoms with Gasteiger partial charge in [-0.3, -0.25) is 0 Å². The van der Waals surface area contributed by atoms with E-state index in [0.717, 1.165) is 12.1 Å². The van der Waals surface area contributed by atoms with Crippen LogP contribution in [0.5, 0.6) is 5.88 Å². The first kappa shape index (κ1) is 13.9.